The van der Waals surface area contributed by atoms with E-state index in [4.69, 9.17) is 16.6 Å². The van der Waals surface area contributed by atoms with Crippen molar-refractivity contribution in [3.63, 3.8) is 0 Å². The number of aromatic nitrogens is 4. The first-order chi connectivity index (χ1) is 15.0. The third kappa shape index (κ3) is 3.96. The molecule has 4 heterocycles. The van der Waals surface area contributed by atoms with Crippen LogP contribution in [0.3, 0.4) is 0 Å². The molecular formula is C20H26ClN7O2S. The lowest BCUT2D eigenvalue weighted by Gasteiger charge is -2.41. The van der Waals surface area contributed by atoms with Crippen LogP contribution in [0.1, 0.15) is 19.3 Å². The van der Waals surface area contributed by atoms with E-state index in [0.717, 1.165) is 51.4 Å². The fourth-order valence-electron chi connectivity index (χ4n) is 4.78. The Kier molecular flexibility index (Phi) is 5.47. The number of fused-ring (bicyclic) bond motifs is 1. The topological polar surface area (TPSA) is 107 Å². The number of aliphatic hydroxyl groups excluding tert-OH is 1. The molecule has 1 saturated carbocycles. The molecular weight excluding hydrogens is 438 g/mol. The fourth-order valence-corrected chi connectivity index (χ4v) is 5.45. The maximum atomic E-state index is 12.2. The van der Waals surface area contributed by atoms with Gasteiger partial charge >= 0.3 is 0 Å². The van der Waals surface area contributed by atoms with Crippen LogP contribution in [0.4, 0.5) is 17.7 Å². The van der Waals surface area contributed by atoms with Gasteiger partial charge in [-0.2, -0.15) is 4.98 Å². The van der Waals surface area contributed by atoms with Crippen molar-refractivity contribution in [3.8, 4) is 0 Å². The van der Waals surface area contributed by atoms with E-state index in [-0.39, 0.29) is 12.1 Å². The molecule has 2 N–H and O–H groups in total. The number of rotatable bonds is 6. The van der Waals surface area contributed by atoms with Crippen molar-refractivity contribution < 1.29 is 9.32 Å². The normalized spacial score (nSPS) is 25.3. The zero-order chi connectivity index (χ0) is 21.6. The maximum Gasteiger partial charge on any atom is 0.227 e. The van der Waals surface area contributed by atoms with Crippen molar-refractivity contribution in [3.05, 3.63) is 23.6 Å². The average molecular weight is 464 g/mol. The Bertz CT molecular complexity index is 968. The van der Waals surface area contributed by atoms with Crippen molar-refractivity contribution in [1.82, 2.24) is 19.9 Å². The van der Waals surface area contributed by atoms with Gasteiger partial charge in [-0.3, -0.25) is 4.21 Å². The molecule has 0 amide bonds. The minimum absolute atomic E-state index is 0.0403. The van der Waals surface area contributed by atoms with Crippen LogP contribution < -0.4 is 15.1 Å². The molecule has 2 aliphatic heterocycles. The molecule has 0 aromatic carbocycles. The molecule has 1 aliphatic carbocycles. The van der Waals surface area contributed by atoms with Gasteiger partial charge in [0.1, 0.15) is 5.82 Å². The largest absolute Gasteiger partial charge is 0.394 e. The molecule has 2 saturated heterocycles. The minimum Gasteiger partial charge on any atom is -0.394 e. The van der Waals surface area contributed by atoms with Crippen molar-refractivity contribution in [2.45, 2.75) is 29.7 Å². The van der Waals surface area contributed by atoms with Crippen molar-refractivity contribution in [1.29, 1.82) is 0 Å². The van der Waals surface area contributed by atoms with E-state index < -0.39 is 10.8 Å². The lowest BCUT2D eigenvalue weighted by Crippen LogP contribution is -2.48. The highest BCUT2D eigenvalue weighted by Gasteiger charge is 2.42. The number of halogens is 1. The molecule has 2 aromatic heterocycles. The van der Waals surface area contributed by atoms with Gasteiger partial charge in [0.05, 0.1) is 51.5 Å². The Morgan fingerprint density at radius 1 is 1.10 bits per heavy atom. The van der Waals surface area contributed by atoms with E-state index in [0.29, 0.717) is 33.5 Å². The second kappa shape index (κ2) is 8.14. The molecule has 0 radical (unpaired) electrons. The van der Waals surface area contributed by atoms with Gasteiger partial charge in [-0.05, 0) is 19.3 Å². The minimum atomic E-state index is -1.21. The predicted molar refractivity (Wildman–Crippen MR) is 120 cm³/mol. The molecule has 166 valence electrons. The standard InChI is InChI=1S/C20H26ClN7O2S/c1-31(30)16-7-24-19(25-17(16)26-20(12-29)3-2-4-20)28-10-13-8-27(9-14(13)11-28)18-22-5-15(21)6-23-18/h5-7,13-14,29H,2-4,8-12H2,1H3,(H,24,25,26)/t13?,14?,31-/m1/s1. The number of nitrogens with one attached hydrogen (secondary N) is 1. The maximum absolute atomic E-state index is 12.2. The fraction of sp³-hybridized carbons (Fsp3) is 0.600. The second-order valence-corrected chi connectivity index (χ2v) is 10.6. The summed E-state index contributed by atoms with van der Waals surface area (Å²) in [6, 6.07) is 0. The molecule has 9 nitrogen and oxygen atoms in total. The van der Waals surface area contributed by atoms with E-state index in [1.54, 1.807) is 24.8 Å². The molecule has 0 spiro atoms. The highest BCUT2D eigenvalue weighted by atomic mass is 35.5. The molecule has 2 unspecified atom stereocenters. The number of nitrogens with zero attached hydrogens (tertiary/aromatic N) is 6. The van der Waals surface area contributed by atoms with Crippen LogP contribution in [0.15, 0.2) is 23.5 Å². The van der Waals surface area contributed by atoms with Gasteiger partial charge in [-0.15, -0.1) is 0 Å². The summed E-state index contributed by atoms with van der Waals surface area (Å²) in [4.78, 5) is 23.0. The summed E-state index contributed by atoms with van der Waals surface area (Å²) in [5.41, 5.74) is -0.361. The molecule has 5 rings (SSSR count). The Balaban J connectivity index is 1.31. The first-order valence-corrected chi connectivity index (χ1v) is 12.5. The number of anilines is 3. The number of aliphatic hydroxyl groups is 1. The van der Waals surface area contributed by atoms with Crippen molar-refractivity contribution in [2.24, 2.45) is 11.8 Å². The van der Waals surface area contributed by atoms with Crippen LogP contribution in [0, 0.1) is 11.8 Å². The summed E-state index contributed by atoms with van der Waals surface area (Å²) in [6.07, 6.45) is 9.39. The van der Waals surface area contributed by atoms with Crippen LogP contribution in [-0.2, 0) is 10.8 Å². The monoisotopic (exact) mass is 463 g/mol. The lowest BCUT2D eigenvalue weighted by atomic mass is 9.77. The van der Waals surface area contributed by atoms with Gasteiger partial charge in [0, 0.05) is 44.3 Å². The summed E-state index contributed by atoms with van der Waals surface area (Å²) in [5, 5.41) is 13.8. The van der Waals surface area contributed by atoms with E-state index in [9.17, 15) is 9.32 Å². The van der Waals surface area contributed by atoms with Crippen LogP contribution in [0.5, 0.6) is 0 Å². The number of hydrogen-bond donors (Lipinski definition) is 2. The SMILES string of the molecule is C[S@@](=O)c1cnc(N2CC3CN(c4ncc(Cl)cn4)CC3C2)nc1NC1(CO)CCC1. The van der Waals surface area contributed by atoms with Crippen LogP contribution in [0.2, 0.25) is 5.02 Å². The van der Waals surface area contributed by atoms with Crippen LogP contribution in [-0.4, -0.2) is 73.8 Å². The van der Waals surface area contributed by atoms with Gasteiger partial charge in [-0.25, -0.2) is 15.0 Å². The van der Waals surface area contributed by atoms with Gasteiger partial charge in [0.15, 0.2) is 0 Å². The predicted octanol–water partition coefficient (Wildman–Crippen LogP) is 1.56. The van der Waals surface area contributed by atoms with Gasteiger partial charge in [-0.1, -0.05) is 11.6 Å². The zero-order valence-electron chi connectivity index (χ0n) is 17.4. The van der Waals surface area contributed by atoms with Crippen molar-refractivity contribution >= 4 is 40.1 Å². The lowest BCUT2D eigenvalue weighted by molar-refractivity contribution is 0.143. The molecule has 2 aromatic rings. The molecule has 3 atom stereocenters. The first-order valence-electron chi connectivity index (χ1n) is 10.5. The Hall–Kier alpha value is -2.04. The summed E-state index contributed by atoms with van der Waals surface area (Å²) >= 11 is 5.90. The molecule has 3 aliphatic rings. The van der Waals surface area contributed by atoms with E-state index in [1.807, 2.05) is 0 Å². The summed E-state index contributed by atoms with van der Waals surface area (Å²) in [6.45, 7) is 3.53. The second-order valence-electron chi connectivity index (χ2n) is 8.79. The molecule has 11 heteroatoms. The molecule has 31 heavy (non-hydrogen) atoms. The third-order valence-corrected chi connectivity index (χ3v) is 7.82. The van der Waals surface area contributed by atoms with Crippen LogP contribution in [0.25, 0.3) is 0 Å². The zero-order valence-corrected chi connectivity index (χ0v) is 18.9. The Morgan fingerprint density at radius 3 is 2.19 bits per heavy atom. The van der Waals surface area contributed by atoms with Crippen molar-refractivity contribution in [2.75, 3.05) is 54.2 Å². The highest BCUT2D eigenvalue weighted by molar-refractivity contribution is 7.84. The molecule has 3 fully saturated rings. The summed E-state index contributed by atoms with van der Waals surface area (Å²) in [5.74, 6) is 2.91. The van der Waals surface area contributed by atoms with Gasteiger partial charge in [0.2, 0.25) is 11.9 Å². The van der Waals surface area contributed by atoms with Crippen LogP contribution >= 0.6 is 11.6 Å². The first kappa shape index (κ1) is 20.8. The highest BCUT2D eigenvalue weighted by Crippen LogP contribution is 2.37. The third-order valence-electron chi connectivity index (χ3n) is 6.71. The summed E-state index contributed by atoms with van der Waals surface area (Å²) < 4.78 is 12.2. The van der Waals surface area contributed by atoms with Gasteiger partial charge in [0.25, 0.3) is 0 Å². The van der Waals surface area contributed by atoms with E-state index in [1.165, 1.54) is 0 Å². The molecule has 0 bridgehead atoms. The Labute approximate surface area is 188 Å². The summed E-state index contributed by atoms with van der Waals surface area (Å²) in [7, 11) is -1.21. The number of hydrogen-bond acceptors (Lipinski definition) is 9. The average Bonchev–Trinajstić information content (AvgIpc) is 3.30. The van der Waals surface area contributed by atoms with E-state index in [2.05, 4.69) is 30.1 Å². The quantitative estimate of drug-likeness (QED) is 0.659. The Morgan fingerprint density at radius 2 is 1.68 bits per heavy atom. The van der Waals surface area contributed by atoms with Gasteiger partial charge < -0.3 is 20.2 Å². The van der Waals surface area contributed by atoms with E-state index >= 15 is 0 Å². The smallest absolute Gasteiger partial charge is 0.227 e.